The van der Waals surface area contributed by atoms with Gasteiger partial charge in [0.15, 0.2) is 0 Å². The number of aryl methyl sites for hydroxylation is 1. The van der Waals surface area contributed by atoms with E-state index in [1.165, 1.54) is 19.5 Å². The lowest BCUT2D eigenvalue weighted by Gasteiger charge is -2.30. The van der Waals surface area contributed by atoms with Crippen LogP contribution in [0.25, 0.3) is 11.1 Å². The van der Waals surface area contributed by atoms with Gasteiger partial charge >= 0.3 is 0 Å². The molecule has 11 heteroatoms. The molecule has 1 aliphatic rings. The van der Waals surface area contributed by atoms with E-state index in [0.29, 0.717) is 45.6 Å². The van der Waals surface area contributed by atoms with Crippen molar-refractivity contribution in [1.82, 2.24) is 20.2 Å². The van der Waals surface area contributed by atoms with E-state index < -0.39 is 5.91 Å². The number of nitrogens with one attached hydrogen (secondary N) is 1. The van der Waals surface area contributed by atoms with Gasteiger partial charge < -0.3 is 14.6 Å². The van der Waals surface area contributed by atoms with Crippen LogP contribution in [0.2, 0.25) is 5.15 Å². The van der Waals surface area contributed by atoms with E-state index in [1.54, 1.807) is 12.1 Å². The Balaban J connectivity index is 1.58. The van der Waals surface area contributed by atoms with Gasteiger partial charge in [-0.3, -0.25) is 15.1 Å². The maximum Gasteiger partial charge on any atom is 0.296 e. The van der Waals surface area contributed by atoms with Gasteiger partial charge in [-0.25, -0.2) is 4.98 Å². The molecule has 0 spiro atoms. The Labute approximate surface area is 181 Å². The van der Waals surface area contributed by atoms with Gasteiger partial charge in [-0.2, -0.15) is 0 Å². The van der Waals surface area contributed by atoms with Crippen molar-refractivity contribution >= 4 is 34.0 Å². The molecule has 0 unspecified atom stereocenters. The first kappa shape index (κ1) is 20.5. The molecule has 4 rings (SSSR count). The summed E-state index contributed by atoms with van der Waals surface area (Å²) in [6.45, 7) is 1.83. The number of halogens is 1. The van der Waals surface area contributed by atoms with E-state index in [9.17, 15) is 9.90 Å². The predicted octanol–water partition coefficient (Wildman–Crippen LogP) is 3.12. The van der Waals surface area contributed by atoms with Gasteiger partial charge in [-0.05, 0) is 30.4 Å². The lowest BCUT2D eigenvalue weighted by atomic mass is 9.92. The van der Waals surface area contributed by atoms with Gasteiger partial charge in [0.2, 0.25) is 5.13 Å². The lowest BCUT2D eigenvalue weighted by Crippen LogP contribution is -2.37. The SMILES string of the molecule is COc1cnc(Cl)cc1-c1cc(C)ncc1C(=O)Nc1nnc(O[C@H]2C[C@@H](O)C2)s1. The first-order valence-electron chi connectivity index (χ1n) is 9.09. The summed E-state index contributed by atoms with van der Waals surface area (Å²) in [5, 5.41) is 20.9. The van der Waals surface area contributed by atoms with Crippen LogP contribution in [0.3, 0.4) is 0 Å². The van der Waals surface area contributed by atoms with Crippen LogP contribution in [0.4, 0.5) is 5.13 Å². The summed E-state index contributed by atoms with van der Waals surface area (Å²) in [6.07, 6.45) is 3.72. The van der Waals surface area contributed by atoms with E-state index in [-0.39, 0.29) is 17.4 Å². The molecule has 30 heavy (non-hydrogen) atoms. The average molecular weight is 448 g/mol. The van der Waals surface area contributed by atoms with Crippen LogP contribution in [0.5, 0.6) is 10.9 Å². The van der Waals surface area contributed by atoms with E-state index in [2.05, 4.69) is 25.5 Å². The smallest absolute Gasteiger partial charge is 0.296 e. The van der Waals surface area contributed by atoms with Crippen LogP contribution >= 0.6 is 22.9 Å². The first-order chi connectivity index (χ1) is 14.4. The molecular formula is C19H18ClN5O4S. The number of aromatic nitrogens is 4. The van der Waals surface area contributed by atoms with Crippen molar-refractivity contribution < 1.29 is 19.4 Å². The second kappa shape index (κ2) is 8.50. The fourth-order valence-corrected chi connectivity index (χ4v) is 3.82. The van der Waals surface area contributed by atoms with E-state index in [4.69, 9.17) is 21.1 Å². The third kappa shape index (κ3) is 4.35. The van der Waals surface area contributed by atoms with Gasteiger partial charge in [-0.15, -0.1) is 5.10 Å². The van der Waals surface area contributed by atoms with Crippen LogP contribution in [0, 0.1) is 6.92 Å². The van der Waals surface area contributed by atoms with Gasteiger partial charge in [0, 0.05) is 35.9 Å². The minimum atomic E-state index is -0.408. The molecule has 0 aliphatic heterocycles. The molecule has 1 saturated carbocycles. The minimum absolute atomic E-state index is 0.0756. The second-order valence-electron chi connectivity index (χ2n) is 6.77. The molecule has 2 N–H and O–H groups in total. The fourth-order valence-electron chi connectivity index (χ4n) is 3.00. The van der Waals surface area contributed by atoms with E-state index in [0.717, 1.165) is 17.0 Å². The average Bonchev–Trinajstić information content (AvgIpc) is 3.13. The first-order valence-corrected chi connectivity index (χ1v) is 10.3. The summed E-state index contributed by atoms with van der Waals surface area (Å²) in [5.41, 5.74) is 2.27. The number of carbonyl (C=O) groups is 1. The standard InChI is InChI=1S/C19H18ClN5O4S/c1-9-3-12(13-6-16(20)22-8-15(13)28-2)14(7-21-9)17(27)23-18-24-25-19(30-18)29-11-4-10(26)5-11/h3,6-8,10-11,26H,4-5H2,1-2H3,(H,23,24,27)/t10-,11+. The maximum absolute atomic E-state index is 13.0. The number of hydrogen-bond acceptors (Lipinski definition) is 9. The Hall–Kier alpha value is -2.82. The van der Waals surface area contributed by atoms with E-state index in [1.807, 2.05) is 6.92 Å². The Morgan fingerprint density at radius 1 is 1.23 bits per heavy atom. The van der Waals surface area contributed by atoms with Gasteiger partial charge in [0.1, 0.15) is 17.0 Å². The van der Waals surface area contributed by atoms with Crippen molar-refractivity contribution in [3.05, 3.63) is 40.9 Å². The molecule has 0 aromatic carbocycles. The normalized spacial score (nSPS) is 17.9. The maximum atomic E-state index is 13.0. The van der Waals surface area contributed by atoms with Gasteiger partial charge in [-0.1, -0.05) is 16.7 Å². The number of aliphatic hydroxyl groups is 1. The zero-order valence-corrected chi connectivity index (χ0v) is 17.7. The molecule has 1 amide bonds. The molecule has 0 bridgehead atoms. The summed E-state index contributed by atoms with van der Waals surface area (Å²) in [4.78, 5) is 21.2. The van der Waals surface area contributed by atoms with Crippen molar-refractivity contribution in [3.63, 3.8) is 0 Å². The van der Waals surface area contributed by atoms with Crippen LogP contribution in [0.15, 0.2) is 24.5 Å². The highest BCUT2D eigenvalue weighted by Crippen LogP contribution is 2.35. The quantitative estimate of drug-likeness (QED) is 0.553. The van der Waals surface area contributed by atoms with Crippen molar-refractivity contribution in [2.45, 2.75) is 32.0 Å². The molecule has 3 aromatic heterocycles. The molecule has 1 aliphatic carbocycles. The zero-order chi connectivity index (χ0) is 21.3. The molecule has 0 radical (unpaired) electrons. The third-order valence-electron chi connectivity index (χ3n) is 4.59. The largest absolute Gasteiger partial charge is 0.494 e. The fraction of sp³-hybridized carbons (Fsp3) is 0.316. The van der Waals surface area contributed by atoms with Gasteiger partial charge in [0.25, 0.3) is 11.1 Å². The zero-order valence-electron chi connectivity index (χ0n) is 16.1. The number of anilines is 1. The number of nitrogens with zero attached hydrogens (tertiary/aromatic N) is 4. The number of rotatable bonds is 6. The molecule has 0 atom stereocenters. The van der Waals surface area contributed by atoms with Gasteiger partial charge in [0.05, 0.1) is 25.0 Å². The summed E-state index contributed by atoms with van der Waals surface area (Å²) < 4.78 is 11.0. The van der Waals surface area contributed by atoms with Crippen LogP contribution < -0.4 is 14.8 Å². The molecule has 9 nitrogen and oxygen atoms in total. The highest BCUT2D eigenvalue weighted by atomic mass is 35.5. The Morgan fingerprint density at radius 2 is 2.03 bits per heavy atom. The Bertz CT molecular complexity index is 1090. The highest BCUT2D eigenvalue weighted by Gasteiger charge is 2.30. The number of carbonyl (C=O) groups excluding carboxylic acids is 1. The second-order valence-corrected chi connectivity index (χ2v) is 8.10. The van der Waals surface area contributed by atoms with E-state index >= 15 is 0 Å². The molecule has 1 fully saturated rings. The number of ether oxygens (including phenoxy) is 2. The van der Waals surface area contributed by atoms with Crippen LogP contribution in [0.1, 0.15) is 28.9 Å². The number of methoxy groups -OCH3 is 1. The molecular weight excluding hydrogens is 430 g/mol. The van der Waals surface area contributed by atoms with Crippen LogP contribution in [-0.2, 0) is 0 Å². The van der Waals surface area contributed by atoms with Crippen molar-refractivity contribution in [2.24, 2.45) is 0 Å². The lowest BCUT2D eigenvalue weighted by molar-refractivity contribution is -0.0111. The Kier molecular flexibility index (Phi) is 5.80. The van der Waals surface area contributed by atoms with Crippen molar-refractivity contribution in [1.29, 1.82) is 0 Å². The number of pyridine rings is 2. The van der Waals surface area contributed by atoms with Crippen LogP contribution in [-0.4, -0.2) is 50.5 Å². The Morgan fingerprint density at radius 3 is 2.77 bits per heavy atom. The van der Waals surface area contributed by atoms with Crippen molar-refractivity contribution in [3.8, 4) is 22.1 Å². The number of hydrogen-bond donors (Lipinski definition) is 2. The highest BCUT2D eigenvalue weighted by molar-refractivity contribution is 7.17. The molecule has 3 heterocycles. The molecule has 3 aromatic rings. The summed E-state index contributed by atoms with van der Waals surface area (Å²) in [6, 6.07) is 3.41. The number of amides is 1. The summed E-state index contributed by atoms with van der Waals surface area (Å²) >= 11 is 7.18. The topological polar surface area (TPSA) is 119 Å². The minimum Gasteiger partial charge on any atom is -0.494 e. The summed E-state index contributed by atoms with van der Waals surface area (Å²) in [5.74, 6) is 0.0718. The summed E-state index contributed by atoms with van der Waals surface area (Å²) in [7, 11) is 1.52. The predicted molar refractivity (Wildman–Crippen MR) is 111 cm³/mol. The van der Waals surface area contributed by atoms with Crippen molar-refractivity contribution in [2.75, 3.05) is 12.4 Å². The molecule has 156 valence electrons. The number of aliphatic hydroxyl groups excluding tert-OH is 1. The molecule has 0 saturated heterocycles. The monoisotopic (exact) mass is 447 g/mol. The third-order valence-corrected chi connectivity index (χ3v) is 5.53.